The second kappa shape index (κ2) is 7.04. The van der Waals surface area contributed by atoms with E-state index in [0.717, 1.165) is 17.5 Å². The van der Waals surface area contributed by atoms with Gasteiger partial charge in [0.1, 0.15) is 12.7 Å². The summed E-state index contributed by atoms with van der Waals surface area (Å²) in [7, 11) is 0. The van der Waals surface area contributed by atoms with Crippen molar-refractivity contribution >= 4 is 17.5 Å². The Balaban J connectivity index is 3.17. The van der Waals surface area contributed by atoms with Gasteiger partial charge in [-0.25, -0.2) is 4.98 Å². The largest absolute Gasteiger partial charge is 0.405 e. The minimum absolute atomic E-state index is 0.0649. The Morgan fingerprint density at radius 3 is 2.57 bits per heavy atom. The zero-order valence-electron chi connectivity index (χ0n) is 11.6. The number of nitro groups is 1. The zero-order valence-corrected chi connectivity index (χ0v) is 11.6. The fourth-order valence-electron chi connectivity index (χ4n) is 1.60. The molecular formula is C11H16F3N5O2. The van der Waals surface area contributed by atoms with Crippen molar-refractivity contribution in [3.05, 3.63) is 16.3 Å². The van der Waals surface area contributed by atoms with E-state index in [9.17, 15) is 23.3 Å². The fraction of sp³-hybridized carbons (Fsp3) is 0.636. The minimum atomic E-state index is -4.48. The first kappa shape index (κ1) is 16.9. The van der Waals surface area contributed by atoms with Crippen LogP contribution in [0.15, 0.2) is 6.20 Å². The first-order valence-electron chi connectivity index (χ1n) is 6.35. The molecule has 0 aliphatic rings. The molecule has 1 aromatic heterocycles. The van der Waals surface area contributed by atoms with Crippen molar-refractivity contribution in [2.75, 3.05) is 29.9 Å². The van der Waals surface area contributed by atoms with Crippen molar-refractivity contribution in [2.24, 2.45) is 0 Å². The van der Waals surface area contributed by atoms with Crippen molar-refractivity contribution in [2.45, 2.75) is 26.4 Å². The number of anilines is 2. The molecule has 10 heteroatoms. The van der Waals surface area contributed by atoms with Crippen LogP contribution in [-0.4, -0.2) is 40.7 Å². The Kier molecular flexibility index (Phi) is 5.68. The molecule has 1 N–H and O–H groups in total. The molecule has 1 rings (SSSR count). The van der Waals surface area contributed by atoms with E-state index in [0.29, 0.717) is 6.54 Å². The SMILES string of the molecule is CCCNc1ncc([N+](=O)[O-])c(N(CC)CC(F)(F)F)n1. The average molecular weight is 307 g/mol. The highest BCUT2D eigenvalue weighted by molar-refractivity contribution is 5.59. The summed E-state index contributed by atoms with van der Waals surface area (Å²) in [5.41, 5.74) is -0.553. The molecule has 0 fully saturated rings. The normalized spacial score (nSPS) is 11.3. The Hall–Kier alpha value is -2.13. The molecule has 1 aromatic rings. The highest BCUT2D eigenvalue weighted by Gasteiger charge is 2.33. The summed E-state index contributed by atoms with van der Waals surface area (Å²) < 4.78 is 37.6. The van der Waals surface area contributed by atoms with Crippen molar-refractivity contribution in [3.63, 3.8) is 0 Å². The van der Waals surface area contributed by atoms with Crippen LogP contribution < -0.4 is 10.2 Å². The van der Waals surface area contributed by atoms with Gasteiger partial charge in [0.2, 0.25) is 11.8 Å². The van der Waals surface area contributed by atoms with Gasteiger partial charge in [-0.3, -0.25) is 10.1 Å². The quantitative estimate of drug-likeness (QED) is 0.615. The van der Waals surface area contributed by atoms with Crippen LogP contribution in [0.1, 0.15) is 20.3 Å². The van der Waals surface area contributed by atoms with E-state index in [4.69, 9.17) is 0 Å². The molecule has 1 heterocycles. The van der Waals surface area contributed by atoms with Gasteiger partial charge in [0.25, 0.3) is 0 Å². The van der Waals surface area contributed by atoms with Gasteiger partial charge in [-0.05, 0) is 13.3 Å². The van der Waals surface area contributed by atoms with Crippen LogP contribution in [0.4, 0.5) is 30.6 Å². The summed E-state index contributed by atoms with van der Waals surface area (Å²) in [5.74, 6) is -0.272. The Bertz CT molecular complexity index is 495. The summed E-state index contributed by atoms with van der Waals surface area (Å²) in [6.07, 6.45) is -2.80. The average Bonchev–Trinajstić information content (AvgIpc) is 2.41. The molecule has 0 atom stereocenters. The van der Waals surface area contributed by atoms with Crippen LogP contribution in [-0.2, 0) is 0 Å². The monoisotopic (exact) mass is 307 g/mol. The van der Waals surface area contributed by atoms with Gasteiger partial charge < -0.3 is 10.2 Å². The molecule has 118 valence electrons. The lowest BCUT2D eigenvalue weighted by Crippen LogP contribution is -2.35. The van der Waals surface area contributed by atoms with Crippen molar-refractivity contribution in [1.82, 2.24) is 9.97 Å². The molecule has 0 aliphatic heterocycles. The van der Waals surface area contributed by atoms with Crippen molar-refractivity contribution < 1.29 is 18.1 Å². The molecule has 0 saturated carbocycles. The Morgan fingerprint density at radius 1 is 1.43 bits per heavy atom. The second-order valence-electron chi connectivity index (χ2n) is 4.22. The van der Waals surface area contributed by atoms with E-state index >= 15 is 0 Å². The lowest BCUT2D eigenvalue weighted by atomic mass is 10.4. The smallest absolute Gasteiger partial charge is 0.354 e. The van der Waals surface area contributed by atoms with Gasteiger partial charge in [0.15, 0.2) is 0 Å². The van der Waals surface area contributed by atoms with Gasteiger partial charge >= 0.3 is 11.9 Å². The summed E-state index contributed by atoms with van der Waals surface area (Å²) in [6, 6.07) is 0. The lowest BCUT2D eigenvalue weighted by Gasteiger charge is -2.23. The third-order valence-corrected chi connectivity index (χ3v) is 2.53. The van der Waals surface area contributed by atoms with E-state index < -0.39 is 23.3 Å². The van der Waals surface area contributed by atoms with Crippen molar-refractivity contribution in [1.29, 1.82) is 0 Å². The number of halogens is 3. The maximum absolute atomic E-state index is 12.5. The molecule has 0 aromatic carbocycles. The summed E-state index contributed by atoms with van der Waals surface area (Å²) >= 11 is 0. The molecule has 7 nitrogen and oxygen atoms in total. The second-order valence-corrected chi connectivity index (χ2v) is 4.22. The number of alkyl halides is 3. The minimum Gasteiger partial charge on any atom is -0.354 e. The van der Waals surface area contributed by atoms with Gasteiger partial charge in [0, 0.05) is 13.1 Å². The molecule has 0 spiro atoms. The molecule has 0 aliphatic carbocycles. The molecule has 21 heavy (non-hydrogen) atoms. The third kappa shape index (κ3) is 5.04. The first-order valence-corrected chi connectivity index (χ1v) is 6.35. The molecule has 0 amide bonds. The lowest BCUT2D eigenvalue weighted by molar-refractivity contribution is -0.384. The van der Waals surface area contributed by atoms with Crippen LogP contribution >= 0.6 is 0 Å². The molecule has 0 bridgehead atoms. The van der Waals surface area contributed by atoms with Gasteiger partial charge in [-0.1, -0.05) is 6.92 Å². The Morgan fingerprint density at radius 2 is 2.10 bits per heavy atom. The third-order valence-electron chi connectivity index (χ3n) is 2.53. The maximum atomic E-state index is 12.5. The predicted octanol–water partition coefficient (Wildman–Crippen LogP) is 2.60. The predicted molar refractivity (Wildman–Crippen MR) is 71.4 cm³/mol. The van der Waals surface area contributed by atoms with E-state index in [1.54, 1.807) is 0 Å². The van der Waals surface area contributed by atoms with Crippen LogP contribution in [0.3, 0.4) is 0 Å². The van der Waals surface area contributed by atoms with E-state index in [1.807, 2.05) is 6.92 Å². The number of rotatable bonds is 7. The summed E-state index contributed by atoms with van der Waals surface area (Å²) in [6.45, 7) is 2.50. The highest BCUT2D eigenvalue weighted by atomic mass is 19.4. The zero-order chi connectivity index (χ0) is 16.0. The number of aromatic nitrogens is 2. The van der Waals surface area contributed by atoms with E-state index in [1.165, 1.54) is 6.92 Å². The van der Waals surface area contributed by atoms with Crippen molar-refractivity contribution in [3.8, 4) is 0 Å². The fourth-order valence-corrected chi connectivity index (χ4v) is 1.60. The van der Waals surface area contributed by atoms with Crippen LogP contribution in [0, 0.1) is 10.1 Å². The summed E-state index contributed by atoms with van der Waals surface area (Å²) in [5, 5.41) is 13.7. The number of hydrogen-bond donors (Lipinski definition) is 1. The van der Waals surface area contributed by atoms with Crippen LogP contribution in [0.5, 0.6) is 0 Å². The standard InChI is InChI=1S/C11H16F3N5O2/c1-3-5-15-10-16-6-8(19(20)21)9(17-10)18(4-2)7-11(12,13)14/h6H,3-5,7H2,1-2H3,(H,15,16,17). The van der Waals surface area contributed by atoms with Gasteiger partial charge in [0.05, 0.1) is 4.92 Å². The van der Waals surface area contributed by atoms with Gasteiger partial charge in [-0.2, -0.15) is 18.2 Å². The maximum Gasteiger partial charge on any atom is 0.405 e. The van der Waals surface area contributed by atoms with Crippen LogP contribution in [0.25, 0.3) is 0 Å². The molecule has 0 saturated heterocycles. The first-order chi connectivity index (χ1) is 9.78. The summed E-state index contributed by atoms with van der Waals surface area (Å²) in [4.78, 5) is 18.5. The molecular weight excluding hydrogens is 291 g/mol. The van der Waals surface area contributed by atoms with E-state index in [2.05, 4.69) is 15.3 Å². The number of hydrogen-bond acceptors (Lipinski definition) is 6. The molecule has 0 unspecified atom stereocenters. The topological polar surface area (TPSA) is 84.2 Å². The number of nitrogens with one attached hydrogen (secondary N) is 1. The van der Waals surface area contributed by atoms with Gasteiger partial charge in [-0.15, -0.1) is 0 Å². The van der Waals surface area contributed by atoms with Crippen LogP contribution in [0.2, 0.25) is 0 Å². The van der Waals surface area contributed by atoms with E-state index in [-0.39, 0.29) is 18.3 Å². The molecule has 0 radical (unpaired) electrons. The Labute approximate surface area is 119 Å². The highest BCUT2D eigenvalue weighted by Crippen LogP contribution is 2.28. The number of nitrogens with zero attached hydrogens (tertiary/aromatic N) is 4.